The van der Waals surface area contributed by atoms with E-state index in [9.17, 15) is 0 Å². The van der Waals surface area contributed by atoms with Gasteiger partial charge in [0, 0.05) is 18.2 Å². The van der Waals surface area contributed by atoms with Crippen molar-refractivity contribution in [3.05, 3.63) is 78.6 Å². The summed E-state index contributed by atoms with van der Waals surface area (Å²) in [6.45, 7) is 2.04. The minimum Gasteiger partial charge on any atom is -0.240 e. The van der Waals surface area contributed by atoms with Gasteiger partial charge in [-0.2, -0.15) is 4.57 Å². The predicted octanol–water partition coefficient (Wildman–Crippen LogP) is 3.97. The molecule has 4 rings (SSSR count). The molecule has 0 saturated carbocycles. The zero-order valence-corrected chi connectivity index (χ0v) is 11.8. The third-order valence-electron chi connectivity index (χ3n) is 3.75. The molecule has 2 heteroatoms. The van der Waals surface area contributed by atoms with Crippen molar-refractivity contribution in [2.45, 2.75) is 6.92 Å². The molecule has 0 radical (unpaired) electrons. The molecule has 0 amide bonds. The molecule has 0 atom stereocenters. The second kappa shape index (κ2) is 4.67. The molecule has 2 nitrogen and oxygen atoms in total. The molecule has 100 valence electrons. The first kappa shape index (κ1) is 12.0. The molecule has 0 N–H and O–H groups in total. The van der Waals surface area contributed by atoms with E-state index in [4.69, 9.17) is 4.98 Å². The van der Waals surface area contributed by atoms with Crippen molar-refractivity contribution in [3.63, 3.8) is 0 Å². The van der Waals surface area contributed by atoms with E-state index in [1.807, 2.05) is 13.0 Å². The number of rotatable bonds is 1. The molecule has 0 fully saturated rings. The average Bonchev–Trinajstić information content (AvgIpc) is 2.53. The van der Waals surface area contributed by atoms with E-state index in [2.05, 4.69) is 71.4 Å². The predicted molar refractivity (Wildman–Crippen MR) is 85.5 cm³/mol. The van der Waals surface area contributed by atoms with Crippen LogP contribution in [0.25, 0.3) is 27.5 Å². The number of fused-ring (bicyclic) bond motifs is 2. The molecule has 0 unspecified atom stereocenters. The van der Waals surface area contributed by atoms with E-state index in [0.717, 1.165) is 22.4 Å². The summed E-state index contributed by atoms with van der Waals surface area (Å²) in [5.74, 6) is 0. The molecule has 0 bridgehead atoms. The van der Waals surface area contributed by atoms with Gasteiger partial charge in [0.25, 0.3) is 0 Å². The summed E-state index contributed by atoms with van der Waals surface area (Å²) in [4.78, 5) is 4.69. The van der Waals surface area contributed by atoms with E-state index >= 15 is 0 Å². The van der Waals surface area contributed by atoms with Crippen molar-refractivity contribution in [1.29, 1.82) is 0 Å². The summed E-state index contributed by atoms with van der Waals surface area (Å²) < 4.78 is 2.21. The van der Waals surface area contributed by atoms with Gasteiger partial charge in [-0.25, -0.2) is 4.98 Å². The Morgan fingerprint density at radius 1 is 0.810 bits per heavy atom. The molecule has 0 saturated heterocycles. The van der Waals surface area contributed by atoms with Gasteiger partial charge >= 0.3 is 0 Å². The van der Waals surface area contributed by atoms with E-state index in [-0.39, 0.29) is 0 Å². The van der Waals surface area contributed by atoms with Gasteiger partial charge in [-0.3, -0.25) is 0 Å². The number of nitrogens with zero attached hydrogens (tertiary/aromatic N) is 2. The Morgan fingerprint density at radius 3 is 2.24 bits per heavy atom. The standard InChI is InChI=1S/C19H15N2/c1-14-13-21(17-9-3-2-4-10-17)19-12-16-8-6-5-7-15(16)11-18(19)20-14/h2-13H,1H3/q+1. The highest BCUT2D eigenvalue weighted by molar-refractivity contribution is 5.93. The number of aryl methyl sites for hydroxylation is 1. The zero-order chi connectivity index (χ0) is 14.2. The molecule has 0 aliphatic heterocycles. The number of para-hydroxylation sites is 1. The van der Waals surface area contributed by atoms with Crippen LogP contribution in [0.15, 0.2) is 72.9 Å². The van der Waals surface area contributed by atoms with Crippen LogP contribution in [0.5, 0.6) is 0 Å². The molecule has 0 spiro atoms. The molecule has 0 aliphatic carbocycles. The van der Waals surface area contributed by atoms with Gasteiger partial charge in [-0.1, -0.05) is 42.5 Å². The first-order valence-electron chi connectivity index (χ1n) is 7.08. The van der Waals surface area contributed by atoms with Gasteiger partial charge in [-0.05, 0) is 23.8 Å². The lowest BCUT2D eigenvalue weighted by atomic mass is 10.1. The summed E-state index contributed by atoms with van der Waals surface area (Å²) in [5, 5.41) is 2.46. The smallest absolute Gasteiger partial charge is 0.237 e. The molecule has 0 aliphatic rings. The number of hydrogen-bond acceptors (Lipinski definition) is 1. The normalized spacial score (nSPS) is 11.1. The van der Waals surface area contributed by atoms with E-state index in [1.54, 1.807) is 0 Å². The topological polar surface area (TPSA) is 16.8 Å². The molecular formula is C19H15N2+. The van der Waals surface area contributed by atoms with Crippen LogP contribution >= 0.6 is 0 Å². The molecule has 21 heavy (non-hydrogen) atoms. The lowest BCUT2D eigenvalue weighted by Crippen LogP contribution is -2.32. The lowest BCUT2D eigenvalue weighted by Gasteiger charge is -2.04. The minimum absolute atomic E-state index is 1.02. The minimum atomic E-state index is 1.02. The number of aromatic nitrogens is 2. The Hall–Kier alpha value is -2.74. The molecule has 4 aromatic rings. The fourth-order valence-electron chi connectivity index (χ4n) is 2.78. The largest absolute Gasteiger partial charge is 0.240 e. The maximum absolute atomic E-state index is 4.69. The SMILES string of the molecule is Cc1c[n+](-c2ccccc2)c2cc3ccccc3cc2n1. The number of hydrogen-bond donors (Lipinski definition) is 0. The zero-order valence-electron chi connectivity index (χ0n) is 11.8. The highest BCUT2D eigenvalue weighted by Crippen LogP contribution is 2.20. The maximum atomic E-state index is 4.69. The molecule has 1 heterocycles. The fraction of sp³-hybridized carbons (Fsp3) is 0.0526. The highest BCUT2D eigenvalue weighted by Gasteiger charge is 2.14. The Bertz CT molecular complexity index is 943. The fourth-order valence-corrected chi connectivity index (χ4v) is 2.78. The molecule has 1 aromatic heterocycles. The van der Waals surface area contributed by atoms with Crippen molar-refractivity contribution >= 4 is 21.8 Å². The third kappa shape index (κ3) is 2.05. The van der Waals surface area contributed by atoms with Crippen LogP contribution in [0, 0.1) is 6.92 Å². The molecule has 3 aromatic carbocycles. The monoisotopic (exact) mass is 271 g/mol. The van der Waals surface area contributed by atoms with Crippen molar-refractivity contribution < 1.29 is 4.57 Å². The average molecular weight is 271 g/mol. The summed E-state index contributed by atoms with van der Waals surface area (Å²) >= 11 is 0. The van der Waals surface area contributed by atoms with Crippen molar-refractivity contribution in [2.75, 3.05) is 0 Å². The third-order valence-corrected chi connectivity index (χ3v) is 3.75. The van der Waals surface area contributed by atoms with Gasteiger partial charge in [-0.15, -0.1) is 0 Å². The Balaban J connectivity index is 2.12. The first-order chi connectivity index (χ1) is 10.3. The maximum Gasteiger partial charge on any atom is 0.237 e. The Kier molecular flexibility index (Phi) is 2.68. The lowest BCUT2D eigenvalue weighted by molar-refractivity contribution is -0.568. The summed E-state index contributed by atoms with van der Waals surface area (Å²) in [6, 6.07) is 23.2. The highest BCUT2D eigenvalue weighted by atomic mass is 15.0. The molecular weight excluding hydrogens is 256 g/mol. The van der Waals surface area contributed by atoms with Crippen molar-refractivity contribution in [3.8, 4) is 5.69 Å². The van der Waals surface area contributed by atoms with Crippen molar-refractivity contribution in [1.82, 2.24) is 4.98 Å². The van der Waals surface area contributed by atoms with Crippen LogP contribution in [0.2, 0.25) is 0 Å². The second-order valence-corrected chi connectivity index (χ2v) is 5.28. The van der Waals surface area contributed by atoms with Crippen LogP contribution in [0.3, 0.4) is 0 Å². The van der Waals surface area contributed by atoms with E-state index < -0.39 is 0 Å². The second-order valence-electron chi connectivity index (χ2n) is 5.28. The van der Waals surface area contributed by atoms with Gasteiger partial charge in [0.1, 0.15) is 11.2 Å². The summed E-state index contributed by atoms with van der Waals surface area (Å²) in [6.07, 6.45) is 2.09. The van der Waals surface area contributed by atoms with Crippen LogP contribution in [0.1, 0.15) is 5.69 Å². The summed E-state index contributed by atoms with van der Waals surface area (Å²) in [5.41, 5.74) is 4.33. The van der Waals surface area contributed by atoms with E-state index in [1.165, 1.54) is 10.8 Å². The van der Waals surface area contributed by atoms with Crippen LogP contribution in [0.4, 0.5) is 0 Å². The van der Waals surface area contributed by atoms with Crippen LogP contribution < -0.4 is 4.57 Å². The van der Waals surface area contributed by atoms with Crippen LogP contribution in [-0.2, 0) is 0 Å². The Labute approximate surface area is 123 Å². The van der Waals surface area contributed by atoms with E-state index in [0.29, 0.717) is 0 Å². The van der Waals surface area contributed by atoms with Gasteiger partial charge in [0.05, 0.1) is 0 Å². The van der Waals surface area contributed by atoms with Gasteiger partial charge in [0.15, 0.2) is 6.20 Å². The Morgan fingerprint density at radius 2 is 1.48 bits per heavy atom. The van der Waals surface area contributed by atoms with Gasteiger partial charge < -0.3 is 0 Å². The number of benzene rings is 3. The van der Waals surface area contributed by atoms with Crippen molar-refractivity contribution in [2.24, 2.45) is 0 Å². The van der Waals surface area contributed by atoms with Gasteiger partial charge in [0.2, 0.25) is 11.2 Å². The first-order valence-corrected chi connectivity index (χ1v) is 7.08. The summed E-state index contributed by atoms with van der Waals surface area (Å²) in [7, 11) is 0. The van der Waals surface area contributed by atoms with Crippen LogP contribution in [-0.4, -0.2) is 4.98 Å². The quantitative estimate of drug-likeness (QED) is 0.378.